The Kier molecular flexibility index (Phi) is 4.36. The maximum Gasteiger partial charge on any atom is 0.123 e. The van der Waals surface area contributed by atoms with Crippen LogP contribution in [-0.4, -0.2) is 7.11 Å². The van der Waals surface area contributed by atoms with E-state index in [4.69, 9.17) is 15.2 Å². The van der Waals surface area contributed by atoms with Crippen LogP contribution in [0.4, 0.5) is 4.39 Å². The second-order valence-electron chi connectivity index (χ2n) is 4.08. The summed E-state index contributed by atoms with van der Waals surface area (Å²) in [5.41, 5.74) is 7.23. The van der Waals surface area contributed by atoms with E-state index in [-0.39, 0.29) is 5.82 Å². The number of rotatable bonds is 5. The maximum absolute atomic E-state index is 13.1. The molecule has 0 aliphatic carbocycles. The molecule has 0 atom stereocenters. The number of ether oxygens (including phenoxy) is 2. The molecule has 19 heavy (non-hydrogen) atoms. The van der Waals surface area contributed by atoms with Gasteiger partial charge in [0.25, 0.3) is 0 Å². The van der Waals surface area contributed by atoms with Crippen molar-refractivity contribution in [3.63, 3.8) is 0 Å². The zero-order chi connectivity index (χ0) is 13.7. The van der Waals surface area contributed by atoms with Gasteiger partial charge in [-0.1, -0.05) is 6.07 Å². The molecule has 0 bridgehead atoms. The molecule has 0 fully saturated rings. The lowest BCUT2D eigenvalue weighted by Crippen LogP contribution is -2.05. The largest absolute Gasteiger partial charge is 0.497 e. The minimum atomic E-state index is -0.284. The van der Waals surface area contributed by atoms with Crippen molar-refractivity contribution in [2.75, 3.05) is 7.11 Å². The van der Waals surface area contributed by atoms with Gasteiger partial charge in [0.05, 0.1) is 7.11 Å². The quantitative estimate of drug-likeness (QED) is 0.900. The summed E-state index contributed by atoms with van der Waals surface area (Å²) in [4.78, 5) is 0. The summed E-state index contributed by atoms with van der Waals surface area (Å²) in [6.07, 6.45) is 0. The van der Waals surface area contributed by atoms with Crippen LogP contribution in [0.5, 0.6) is 11.5 Å². The van der Waals surface area contributed by atoms with Crippen molar-refractivity contribution in [1.29, 1.82) is 0 Å². The molecule has 0 aliphatic heterocycles. The second-order valence-corrected chi connectivity index (χ2v) is 4.08. The van der Waals surface area contributed by atoms with Gasteiger partial charge in [-0.3, -0.25) is 0 Å². The lowest BCUT2D eigenvalue weighted by atomic mass is 10.1. The van der Waals surface area contributed by atoms with Gasteiger partial charge in [-0.05, 0) is 47.5 Å². The van der Waals surface area contributed by atoms with Crippen molar-refractivity contribution < 1.29 is 13.9 Å². The van der Waals surface area contributed by atoms with Crippen LogP contribution < -0.4 is 15.2 Å². The Balaban J connectivity index is 2.05. The lowest BCUT2D eigenvalue weighted by Gasteiger charge is -2.10. The van der Waals surface area contributed by atoms with Crippen molar-refractivity contribution in [3.8, 4) is 11.5 Å². The Morgan fingerprint density at radius 2 is 1.68 bits per heavy atom. The highest BCUT2D eigenvalue weighted by atomic mass is 19.1. The fraction of sp³-hybridized carbons (Fsp3) is 0.200. The molecular weight excluding hydrogens is 245 g/mol. The van der Waals surface area contributed by atoms with Crippen LogP contribution in [0, 0.1) is 5.82 Å². The average Bonchev–Trinajstić information content (AvgIpc) is 2.46. The molecule has 2 aromatic carbocycles. The smallest absolute Gasteiger partial charge is 0.123 e. The van der Waals surface area contributed by atoms with Crippen LogP contribution in [0.15, 0.2) is 42.5 Å². The molecular formula is C15H16FNO2. The molecule has 0 saturated carbocycles. The van der Waals surface area contributed by atoms with Crippen LogP contribution >= 0.6 is 0 Å². The SMILES string of the molecule is COc1ccc(OCc2ccc(F)cc2CN)cc1. The summed E-state index contributed by atoms with van der Waals surface area (Å²) in [7, 11) is 1.61. The van der Waals surface area contributed by atoms with Gasteiger partial charge in [0, 0.05) is 6.54 Å². The molecule has 2 aromatic rings. The van der Waals surface area contributed by atoms with Gasteiger partial charge in [0.1, 0.15) is 23.9 Å². The molecule has 2 N–H and O–H groups in total. The Hall–Kier alpha value is -2.07. The van der Waals surface area contributed by atoms with E-state index in [9.17, 15) is 4.39 Å². The van der Waals surface area contributed by atoms with E-state index in [1.54, 1.807) is 13.2 Å². The lowest BCUT2D eigenvalue weighted by molar-refractivity contribution is 0.304. The first-order chi connectivity index (χ1) is 9.22. The van der Waals surface area contributed by atoms with Crippen LogP contribution in [0.2, 0.25) is 0 Å². The molecule has 2 rings (SSSR count). The highest BCUT2D eigenvalue weighted by molar-refractivity contribution is 5.32. The Bertz CT molecular complexity index is 540. The molecule has 4 heteroatoms. The van der Waals surface area contributed by atoms with Gasteiger partial charge in [0.15, 0.2) is 0 Å². The first-order valence-corrected chi connectivity index (χ1v) is 5.97. The third kappa shape index (κ3) is 3.45. The number of hydrogen-bond acceptors (Lipinski definition) is 3. The summed E-state index contributed by atoms with van der Waals surface area (Å²) in [6, 6.07) is 11.8. The van der Waals surface area contributed by atoms with E-state index < -0.39 is 0 Å². The van der Waals surface area contributed by atoms with Gasteiger partial charge in [-0.15, -0.1) is 0 Å². The van der Waals surface area contributed by atoms with Crippen molar-refractivity contribution >= 4 is 0 Å². The number of benzene rings is 2. The molecule has 0 unspecified atom stereocenters. The highest BCUT2D eigenvalue weighted by Gasteiger charge is 2.04. The molecule has 0 aliphatic rings. The minimum absolute atomic E-state index is 0.284. The van der Waals surface area contributed by atoms with Gasteiger partial charge >= 0.3 is 0 Å². The standard InChI is InChI=1S/C15H16FNO2/c1-18-14-4-6-15(7-5-14)19-10-11-2-3-13(16)8-12(11)9-17/h2-8H,9-10,17H2,1H3. The van der Waals surface area contributed by atoms with Crippen LogP contribution in [0.25, 0.3) is 0 Å². The Morgan fingerprint density at radius 1 is 1.00 bits per heavy atom. The monoisotopic (exact) mass is 261 g/mol. The van der Waals surface area contributed by atoms with Gasteiger partial charge in [-0.25, -0.2) is 4.39 Å². The number of nitrogens with two attached hydrogens (primary N) is 1. The normalized spacial score (nSPS) is 10.3. The minimum Gasteiger partial charge on any atom is -0.497 e. The van der Waals surface area contributed by atoms with Crippen molar-refractivity contribution in [2.45, 2.75) is 13.2 Å². The van der Waals surface area contributed by atoms with Crippen molar-refractivity contribution in [1.82, 2.24) is 0 Å². The van der Waals surface area contributed by atoms with Gasteiger partial charge < -0.3 is 15.2 Å². The summed E-state index contributed by atoms with van der Waals surface area (Å²) < 4.78 is 23.8. The summed E-state index contributed by atoms with van der Waals surface area (Å²) in [5.74, 6) is 1.22. The molecule has 0 amide bonds. The molecule has 3 nitrogen and oxygen atoms in total. The van der Waals surface area contributed by atoms with Crippen LogP contribution in [0.1, 0.15) is 11.1 Å². The van der Waals surface area contributed by atoms with E-state index in [0.29, 0.717) is 13.2 Å². The van der Waals surface area contributed by atoms with E-state index in [1.165, 1.54) is 12.1 Å². The summed E-state index contributed by atoms with van der Waals surface area (Å²) in [6.45, 7) is 0.651. The maximum atomic E-state index is 13.1. The summed E-state index contributed by atoms with van der Waals surface area (Å²) >= 11 is 0. The van der Waals surface area contributed by atoms with E-state index in [0.717, 1.165) is 22.6 Å². The van der Waals surface area contributed by atoms with E-state index in [2.05, 4.69) is 0 Å². The Labute approximate surface area is 111 Å². The number of halogens is 1. The van der Waals surface area contributed by atoms with Gasteiger partial charge in [-0.2, -0.15) is 0 Å². The van der Waals surface area contributed by atoms with E-state index in [1.807, 2.05) is 24.3 Å². The molecule has 0 saturated heterocycles. The molecule has 0 heterocycles. The molecule has 0 radical (unpaired) electrons. The van der Waals surface area contributed by atoms with Crippen molar-refractivity contribution in [3.05, 3.63) is 59.4 Å². The van der Waals surface area contributed by atoms with Crippen LogP contribution in [0.3, 0.4) is 0 Å². The Morgan fingerprint density at radius 3 is 2.32 bits per heavy atom. The zero-order valence-electron chi connectivity index (χ0n) is 10.7. The predicted octanol–water partition coefficient (Wildman–Crippen LogP) is 2.87. The third-order valence-corrected chi connectivity index (χ3v) is 2.84. The van der Waals surface area contributed by atoms with E-state index >= 15 is 0 Å². The first kappa shape index (κ1) is 13.4. The fourth-order valence-electron chi connectivity index (χ4n) is 1.76. The van der Waals surface area contributed by atoms with Crippen molar-refractivity contribution in [2.24, 2.45) is 5.73 Å². The third-order valence-electron chi connectivity index (χ3n) is 2.84. The number of methoxy groups -OCH3 is 1. The predicted molar refractivity (Wildman–Crippen MR) is 71.6 cm³/mol. The molecule has 100 valence electrons. The van der Waals surface area contributed by atoms with Crippen LogP contribution in [-0.2, 0) is 13.2 Å². The fourth-order valence-corrected chi connectivity index (χ4v) is 1.76. The second kappa shape index (κ2) is 6.20. The average molecular weight is 261 g/mol. The highest BCUT2D eigenvalue weighted by Crippen LogP contribution is 2.19. The molecule has 0 spiro atoms. The topological polar surface area (TPSA) is 44.5 Å². The summed E-state index contributed by atoms with van der Waals surface area (Å²) in [5, 5.41) is 0. The zero-order valence-corrected chi connectivity index (χ0v) is 10.7. The molecule has 0 aromatic heterocycles. The first-order valence-electron chi connectivity index (χ1n) is 5.97. The number of hydrogen-bond donors (Lipinski definition) is 1. The van der Waals surface area contributed by atoms with Gasteiger partial charge in [0.2, 0.25) is 0 Å².